The van der Waals surface area contributed by atoms with E-state index in [0.717, 1.165) is 47.2 Å². The van der Waals surface area contributed by atoms with Gasteiger partial charge in [0.05, 0.1) is 6.61 Å². The Labute approximate surface area is 201 Å². The molecule has 0 aromatic heterocycles. The summed E-state index contributed by atoms with van der Waals surface area (Å²) in [5, 5.41) is 30.8. The molecule has 4 aliphatic rings. The molecule has 0 aliphatic heterocycles. The van der Waals surface area contributed by atoms with Crippen LogP contribution in [0.2, 0.25) is 0 Å². The second-order valence-corrected chi connectivity index (χ2v) is 11.0. The second-order valence-electron chi connectivity index (χ2n) is 11.0. The van der Waals surface area contributed by atoms with E-state index in [2.05, 4.69) is 42.5 Å². The SMILES string of the molecule is O[B]c1ccc2cc(-c3ccc(OCC(O)CO)c(C45CC6CC(CC(C6)C4)C5)c3)ccc2c1. The van der Waals surface area contributed by atoms with Gasteiger partial charge in [0.1, 0.15) is 18.5 Å². The smallest absolute Gasteiger partial charge is 0.326 e. The van der Waals surface area contributed by atoms with E-state index in [0.29, 0.717) is 0 Å². The highest BCUT2D eigenvalue weighted by molar-refractivity contribution is 6.46. The van der Waals surface area contributed by atoms with Crippen molar-refractivity contribution in [1.82, 2.24) is 0 Å². The molecule has 34 heavy (non-hydrogen) atoms. The van der Waals surface area contributed by atoms with E-state index >= 15 is 0 Å². The van der Waals surface area contributed by atoms with E-state index in [9.17, 15) is 15.2 Å². The van der Waals surface area contributed by atoms with Crippen molar-refractivity contribution in [1.29, 1.82) is 0 Å². The van der Waals surface area contributed by atoms with Crippen LogP contribution in [0.15, 0.2) is 54.6 Å². The van der Waals surface area contributed by atoms with Crippen LogP contribution in [0.1, 0.15) is 44.1 Å². The number of fused-ring (bicyclic) bond motifs is 1. The fourth-order valence-electron chi connectivity index (χ4n) is 7.45. The minimum Gasteiger partial charge on any atom is -0.490 e. The molecule has 4 bridgehead atoms. The molecule has 4 aliphatic carbocycles. The van der Waals surface area contributed by atoms with Crippen LogP contribution in [0, 0.1) is 17.8 Å². The largest absolute Gasteiger partial charge is 0.490 e. The van der Waals surface area contributed by atoms with Crippen LogP contribution < -0.4 is 10.2 Å². The molecule has 0 spiro atoms. The van der Waals surface area contributed by atoms with Crippen molar-refractivity contribution < 1.29 is 20.0 Å². The monoisotopic (exact) mass is 455 g/mol. The third-order valence-corrected chi connectivity index (χ3v) is 8.58. The van der Waals surface area contributed by atoms with Crippen molar-refractivity contribution >= 4 is 23.7 Å². The maximum Gasteiger partial charge on any atom is 0.326 e. The zero-order valence-electron chi connectivity index (χ0n) is 19.5. The predicted octanol–water partition coefficient (Wildman–Crippen LogP) is 3.94. The molecule has 1 atom stereocenters. The number of aliphatic hydroxyl groups is 2. The predicted molar refractivity (Wildman–Crippen MR) is 135 cm³/mol. The summed E-state index contributed by atoms with van der Waals surface area (Å²) >= 11 is 0. The topological polar surface area (TPSA) is 69.9 Å². The number of aliphatic hydroxyl groups excluding tert-OH is 2. The summed E-state index contributed by atoms with van der Waals surface area (Å²) in [4.78, 5) is 0. The van der Waals surface area contributed by atoms with E-state index in [1.807, 2.05) is 12.1 Å². The number of rotatable bonds is 7. The Kier molecular flexibility index (Phi) is 5.67. The number of ether oxygens (including phenoxy) is 1. The Morgan fingerprint density at radius 3 is 2.15 bits per heavy atom. The summed E-state index contributed by atoms with van der Waals surface area (Å²) in [6, 6.07) is 19.0. The summed E-state index contributed by atoms with van der Waals surface area (Å²) in [6.45, 7) is -0.187. The van der Waals surface area contributed by atoms with E-state index in [-0.39, 0.29) is 18.6 Å². The van der Waals surface area contributed by atoms with Crippen LogP contribution in [-0.4, -0.2) is 42.0 Å². The van der Waals surface area contributed by atoms with Gasteiger partial charge in [0.25, 0.3) is 0 Å². The van der Waals surface area contributed by atoms with E-state index in [1.54, 1.807) is 0 Å². The Hall–Kier alpha value is -2.34. The Morgan fingerprint density at radius 1 is 0.853 bits per heavy atom. The lowest BCUT2D eigenvalue weighted by Crippen LogP contribution is -2.48. The molecular formula is C29H32BO4. The molecule has 3 aromatic carbocycles. The first kappa shape index (κ1) is 22.1. The molecule has 3 N–H and O–H groups in total. The summed E-state index contributed by atoms with van der Waals surface area (Å²) in [5.74, 6) is 3.33. The maximum atomic E-state index is 9.92. The summed E-state index contributed by atoms with van der Waals surface area (Å²) in [5.41, 5.74) is 4.60. The first-order chi connectivity index (χ1) is 16.5. The van der Waals surface area contributed by atoms with Crippen LogP contribution in [0.3, 0.4) is 0 Å². The molecule has 4 saturated carbocycles. The molecule has 0 heterocycles. The lowest BCUT2D eigenvalue weighted by atomic mass is 9.48. The number of hydrogen-bond donors (Lipinski definition) is 3. The molecule has 3 aromatic rings. The summed E-state index contributed by atoms with van der Waals surface area (Å²) in [6.07, 6.45) is 6.99. The molecule has 1 unspecified atom stereocenters. The van der Waals surface area contributed by atoms with E-state index in [1.165, 1.54) is 55.2 Å². The first-order valence-electron chi connectivity index (χ1n) is 12.6. The molecule has 0 amide bonds. The highest BCUT2D eigenvalue weighted by atomic mass is 16.5. The third kappa shape index (κ3) is 3.94. The summed E-state index contributed by atoms with van der Waals surface area (Å²) in [7, 11) is 1.14. The Balaban J connectivity index is 1.41. The number of hydrogen-bond acceptors (Lipinski definition) is 4. The van der Waals surface area contributed by atoms with Crippen molar-refractivity contribution in [2.24, 2.45) is 17.8 Å². The zero-order chi connectivity index (χ0) is 23.3. The zero-order valence-corrected chi connectivity index (χ0v) is 19.5. The molecule has 175 valence electrons. The van der Waals surface area contributed by atoms with Crippen LogP contribution in [0.4, 0.5) is 0 Å². The maximum absolute atomic E-state index is 9.92. The average Bonchev–Trinajstić information content (AvgIpc) is 2.85. The quantitative estimate of drug-likeness (QED) is 0.472. The van der Waals surface area contributed by atoms with E-state index in [4.69, 9.17) is 4.74 Å². The minimum atomic E-state index is -0.870. The van der Waals surface area contributed by atoms with Gasteiger partial charge in [-0.05, 0) is 102 Å². The van der Waals surface area contributed by atoms with Crippen molar-refractivity contribution in [2.45, 2.75) is 50.0 Å². The van der Waals surface area contributed by atoms with Gasteiger partial charge in [0, 0.05) is 5.56 Å². The van der Waals surface area contributed by atoms with E-state index < -0.39 is 6.10 Å². The van der Waals surface area contributed by atoms with Gasteiger partial charge in [-0.15, -0.1) is 0 Å². The molecular weight excluding hydrogens is 423 g/mol. The van der Waals surface area contributed by atoms with Gasteiger partial charge in [0.2, 0.25) is 0 Å². The Bertz CT molecular complexity index is 1170. The first-order valence-corrected chi connectivity index (χ1v) is 12.6. The second kappa shape index (κ2) is 8.71. The fraction of sp³-hybridized carbons (Fsp3) is 0.448. The molecule has 7 rings (SSSR count). The lowest BCUT2D eigenvalue weighted by molar-refractivity contribution is -0.00735. The lowest BCUT2D eigenvalue weighted by Gasteiger charge is -2.57. The molecule has 0 saturated heterocycles. The highest BCUT2D eigenvalue weighted by Gasteiger charge is 2.52. The van der Waals surface area contributed by atoms with Crippen molar-refractivity contribution in [3.8, 4) is 16.9 Å². The van der Waals surface area contributed by atoms with Crippen molar-refractivity contribution in [2.75, 3.05) is 13.2 Å². The molecule has 5 heteroatoms. The van der Waals surface area contributed by atoms with Crippen LogP contribution in [-0.2, 0) is 5.41 Å². The minimum absolute atomic E-state index is 0.107. The molecule has 1 radical (unpaired) electrons. The van der Waals surface area contributed by atoms with Gasteiger partial charge in [-0.25, -0.2) is 0 Å². The standard InChI is InChI=1S/C29H32BO4/c31-16-26(32)17-34-28-6-4-24(21-1-2-23-11-25(30-33)5-3-22(23)10-21)12-27(28)29-13-18-7-19(14-29)9-20(8-18)15-29/h1-6,10-12,18-20,26,31-33H,7-9,13-17H2. The van der Waals surface area contributed by atoms with Gasteiger partial charge < -0.3 is 20.0 Å². The molecule has 4 nitrogen and oxygen atoms in total. The van der Waals surface area contributed by atoms with Crippen LogP contribution >= 0.6 is 0 Å². The van der Waals surface area contributed by atoms with Gasteiger partial charge in [0.15, 0.2) is 0 Å². The van der Waals surface area contributed by atoms with Crippen molar-refractivity contribution in [3.63, 3.8) is 0 Å². The van der Waals surface area contributed by atoms with Crippen molar-refractivity contribution in [3.05, 3.63) is 60.2 Å². The van der Waals surface area contributed by atoms with Crippen LogP contribution in [0.25, 0.3) is 21.9 Å². The van der Waals surface area contributed by atoms with Gasteiger partial charge in [-0.3, -0.25) is 0 Å². The van der Waals surface area contributed by atoms with Gasteiger partial charge in [-0.2, -0.15) is 0 Å². The number of benzene rings is 3. The average molecular weight is 455 g/mol. The Morgan fingerprint density at radius 2 is 1.47 bits per heavy atom. The van der Waals surface area contributed by atoms with Crippen LogP contribution in [0.5, 0.6) is 5.75 Å². The summed E-state index contributed by atoms with van der Waals surface area (Å²) < 4.78 is 6.13. The van der Waals surface area contributed by atoms with Gasteiger partial charge >= 0.3 is 7.48 Å². The van der Waals surface area contributed by atoms with Gasteiger partial charge in [-0.1, -0.05) is 41.9 Å². The highest BCUT2D eigenvalue weighted by Crippen LogP contribution is 2.62. The normalized spacial score (nSPS) is 28.3. The third-order valence-electron chi connectivity index (χ3n) is 8.58. The fourth-order valence-corrected chi connectivity index (χ4v) is 7.45. The molecule has 4 fully saturated rings.